The first-order chi connectivity index (χ1) is 6.81. The van der Waals surface area contributed by atoms with E-state index in [-0.39, 0.29) is 5.82 Å². The number of halogens is 1. The Bertz CT molecular complexity index is 327. The van der Waals surface area contributed by atoms with Crippen molar-refractivity contribution in [3.8, 4) is 0 Å². The lowest BCUT2D eigenvalue weighted by molar-refractivity contribution is 0.596. The predicted molar refractivity (Wildman–Crippen MR) is 58.2 cm³/mol. The van der Waals surface area contributed by atoms with Crippen LogP contribution in [0.15, 0.2) is 23.1 Å². The molecule has 1 atom stereocenters. The molecule has 0 saturated carbocycles. The van der Waals surface area contributed by atoms with E-state index >= 15 is 0 Å². The zero-order valence-corrected chi connectivity index (χ0v) is 8.82. The Morgan fingerprint density at radius 3 is 3.14 bits per heavy atom. The largest absolute Gasteiger partial charge is 0.330 e. The molecule has 1 aliphatic heterocycles. The van der Waals surface area contributed by atoms with Crippen LogP contribution in [0.2, 0.25) is 0 Å². The lowest BCUT2D eigenvalue weighted by Gasteiger charge is -2.14. The highest BCUT2D eigenvalue weighted by Crippen LogP contribution is 2.35. The van der Waals surface area contributed by atoms with Crippen LogP contribution in [0.1, 0.15) is 24.3 Å². The fraction of sp³-hybridized carbons (Fsp3) is 0.455. The maximum atomic E-state index is 13.1. The van der Waals surface area contributed by atoms with Crippen LogP contribution in [-0.4, -0.2) is 12.3 Å². The molecule has 0 aliphatic carbocycles. The molecule has 1 heterocycles. The molecule has 1 nitrogen and oxygen atoms in total. The van der Waals surface area contributed by atoms with Gasteiger partial charge in [0.15, 0.2) is 0 Å². The molecule has 1 aromatic carbocycles. The van der Waals surface area contributed by atoms with Crippen LogP contribution in [0.25, 0.3) is 0 Å². The van der Waals surface area contributed by atoms with Crippen molar-refractivity contribution in [1.29, 1.82) is 0 Å². The molecule has 3 heteroatoms. The van der Waals surface area contributed by atoms with E-state index < -0.39 is 0 Å². The Morgan fingerprint density at radius 1 is 1.50 bits per heavy atom. The molecule has 1 aliphatic rings. The molecular formula is C11H14FNS. The third-order valence-corrected chi connectivity index (χ3v) is 3.83. The van der Waals surface area contributed by atoms with Gasteiger partial charge in [-0.2, -0.15) is 0 Å². The van der Waals surface area contributed by atoms with E-state index in [9.17, 15) is 4.39 Å². The molecular weight excluding hydrogens is 197 g/mol. The minimum absolute atomic E-state index is 0.148. The van der Waals surface area contributed by atoms with Gasteiger partial charge in [-0.25, -0.2) is 4.39 Å². The summed E-state index contributed by atoms with van der Waals surface area (Å²) in [4.78, 5) is 1.21. The van der Waals surface area contributed by atoms with Crippen molar-refractivity contribution in [3.63, 3.8) is 0 Å². The number of rotatable bonds is 1. The number of benzene rings is 1. The number of hydrogen-bond donors (Lipinski definition) is 1. The first kappa shape index (κ1) is 9.99. The Hall–Kier alpha value is -0.540. The van der Waals surface area contributed by atoms with E-state index in [2.05, 4.69) is 0 Å². The Morgan fingerprint density at radius 2 is 2.36 bits per heavy atom. The molecule has 2 rings (SSSR count). The topological polar surface area (TPSA) is 26.0 Å². The third kappa shape index (κ3) is 1.93. The molecule has 0 saturated heterocycles. The lowest BCUT2D eigenvalue weighted by Crippen LogP contribution is -2.12. The minimum Gasteiger partial charge on any atom is -0.330 e. The van der Waals surface area contributed by atoms with Gasteiger partial charge in [0.25, 0.3) is 0 Å². The van der Waals surface area contributed by atoms with E-state index in [4.69, 9.17) is 5.73 Å². The van der Waals surface area contributed by atoms with Gasteiger partial charge in [-0.3, -0.25) is 0 Å². The van der Waals surface area contributed by atoms with Crippen molar-refractivity contribution in [1.82, 2.24) is 0 Å². The van der Waals surface area contributed by atoms with Gasteiger partial charge >= 0.3 is 0 Å². The summed E-state index contributed by atoms with van der Waals surface area (Å²) in [5, 5.41) is 0. The summed E-state index contributed by atoms with van der Waals surface area (Å²) in [5.41, 5.74) is 6.81. The summed E-state index contributed by atoms with van der Waals surface area (Å²) in [6, 6.07) is 5.05. The van der Waals surface area contributed by atoms with Crippen LogP contribution >= 0.6 is 11.8 Å². The van der Waals surface area contributed by atoms with Crippen LogP contribution in [0, 0.1) is 5.82 Å². The smallest absolute Gasteiger partial charge is 0.123 e. The summed E-state index contributed by atoms with van der Waals surface area (Å²) in [6.07, 6.45) is 2.25. The van der Waals surface area contributed by atoms with Gasteiger partial charge in [-0.1, -0.05) is 0 Å². The van der Waals surface area contributed by atoms with E-state index in [1.54, 1.807) is 6.07 Å². The summed E-state index contributed by atoms with van der Waals surface area (Å²) in [7, 11) is 0. The van der Waals surface area contributed by atoms with Gasteiger partial charge in [-0.05, 0) is 54.8 Å². The first-order valence-corrected chi connectivity index (χ1v) is 5.92. The van der Waals surface area contributed by atoms with E-state index in [1.807, 2.05) is 17.8 Å². The maximum Gasteiger partial charge on any atom is 0.123 e. The Labute approximate surface area is 87.9 Å². The second-order valence-corrected chi connectivity index (χ2v) is 4.74. The molecule has 14 heavy (non-hydrogen) atoms. The molecule has 0 spiro atoms. The van der Waals surface area contributed by atoms with Crippen LogP contribution < -0.4 is 5.73 Å². The molecule has 0 fully saturated rings. The van der Waals surface area contributed by atoms with Crippen LogP contribution in [0.4, 0.5) is 4.39 Å². The molecule has 2 N–H and O–H groups in total. The molecule has 0 amide bonds. The third-order valence-electron chi connectivity index (χ3n) is 2.65. The Balaban J connectivity index is 2.40. The van der Waals surface area contributed by atoms with Crippen molar-refractivity contribution in [3.05, 3.63) is 29.6 Å². The van der Waals surface area contributed by atoms with E-state index in [0.717, 1.165) is 17.7 Å². The zero-order chi connectivity index (χ0) is 9.97. The van der Waals surface area contributed by atoms with Crippen molar-refractivity contribution in [2.45, 2.75) is 23.7 Å². The molecule has 0 aromatic heterocycles. The summed E-state index contributed by atoms with van der Waals surface area (Å²) < 4.78 is 13.1. The SMILES string of the molecule is NCC1CCCSc2ccc(F)cc21. The number of fused-ring (bicyclic) bond motifs is 1. The second-order valence-electron chi connectivity index (χ2n) is 3.61. The predicted octanol–water partition coefficient (Wildman–Crippen LogP) is 2.75. The van der Waals surface area contributed by atoms with Crippen LogP contribution in [-0.2, 0) is 0 Å². The van der Waals surface area contributed by atoms with Crippen molar-refractivity contribution in [2.75, 3.05) is 12.3 Å². The normalized spacial score (nSPS) is 21.4. The van der Waals surface area contributed by atoms with E-state index in [0.29, 0.717) is 12.5 Å². The van der Waals surface area contributed by atoms with Crippen molar-refractivity contribution in [2.24, 2.45) is 5.73 Å². The fourth-order valence-corrected chi connectivity index (χ4v) is 2.97. The fourth-order valence-electron chi connectivity index (χ4n) is 1.88. The quantitative estimate of drug-likeness (QED) is 0.773. The van der Waals surface area contributed by atoms with Crippen molar-refractivity contribution >= 4 is 11.8 Å². The zero-order valence-electron chi connectivity index (χ0n) is 8.00. The Kier molecular flexibility index (Phi) is 3.08. The maximum absolute atomic E-state index is 13.1. The van der Waals surface area contributed by atoms with Gasteiger partial charge in [0.2, 0.25) is 0 Å². The van der Waals surface area contributed by atoms with Gasteiger partial charge in [0.1, 0.15) is 5.82 Å². The van der Waals surface area contributed by atoms with Gasteiger partial charge in [-0.15, -0.1) is 11.8 Å². The average molecular weight is 211 g/mol. The number of nitrogens with two attached hydrogens (primary N) is 1. The summed E-state index contributed by atoms with van der Waals surface area (Å²) in [6.45, 7) is 0.622. The first-order valence-electron chi connectivity index (χ1n) is 4.93. The van der Waals surface area contributed by atoms with Crippen LogP contribution in [0.3, 0.4) is 0 Å². The standard InChI is InChI=1S/C11H14FNS/c12-9-3-4-11-10(6-9)8(7-13)2-1-5-14-11/h3-4,6,8H,1-2,5,7,13H2. The second kappa shape index (κ2) is 4.32. The molecule has 1 unspecified atom stereocenters. The highest BCUT2D eigenvalue weighted by atomic mass is 32.2. The number of hydrogen-bond acceptors (Lipinski definition) is 2. The lowest BCUT2D eigenvalue weighted by atomic mass is 9.95. The summed E-state index contributed by atoms with van der Waals surface area (Å²) in [5.74, 6) is 1.31. The highest BCUT2D eigenvalue weighted by Gasteiger charge is 2.18. The monoisotopic (exact) mass is 211 g/mol. The van der Waals surface area contributed by atoms with Gasteiger partial charge < -0.3 is 5.73 Å². The van der Waals surface area contributed by atoms with Crippen LogP contribution in [0.5, 0.6) is 0 Å². The van der Waals surface area contributed by atoms with Crippen molar-refractivity contribution < 1.29 is 4.39 Å². The van der Waals surface area contributed by atoms with Gasteiger partial charge in [0, 0.05) is 4.90 Å². The average Bonchev–Trinajstić information content (AvgIpc) is 2.39. The number of thioether (sulfide) groups is 1. The molecule has 0 radical (unpaired) electrons. The molecule has 76 valence electrons. The van der Waals surface area contributed by atoms with E-state index in [1.165, 1.54) is 17.4 Å². The minimum atomic E-state index is -0.148. The molecule has 0 bridgehead atoms. The highest BCUT2D eigenvalue weighted by molar-refractivity contribution is 7.99. The molecule has 1 aromatic rings. The van der Waals surface area contributed by atoms with Gasteiger partial charge in [0.05, 0.1) is 0 Å². The summed E-state index contributed by atoms with van der Waals surface area (Å²) >= 11 is 1.82.